The predicted octanol–water partition coefficient (Wildman–Crippen LogP) is 3.69. The molecule has 1 amide bonds. The molecular formula is C24H25FN2O6. The van der Waals surface area contributed by atoms with Gasteiger partial charge >= 0.3 is 12.1 Å². The number of ketones is 1. The number of alkyl halides is 1. The van der Waals surface area contributed by atoms with Gasteiger partial charge in [0.15, 0.2) is 11.9 Å². The Balaban J connectivity index is 1.96. The van der Waals surface area contributed by atoms with Crippen LogP contribution >= 0.6 is 0 Å². The van der Waals surface area contributed by atoms with E-state index in [1.807, 2.05) is 24.3 Å². The predicted molar refractivity (Wildman–Crippen MR) is 120 cm³/mol. The number of amides is 1. The van der Waals surface area contributed by atoms with E-state index in [0.717, 1.165) is 10.8 Å². The summed E-state index contributed by atoms with van der Waals surface area (Å²) in [6.07, 6.45) is -2.98. The number of hydrogen-bond acceptors (Lipinski definition) is 5. The van der Waals surface area contributed by atoms with Crippen LogP contribution in [0.4, 0.5) is 9.18 Å². The fourth-order valence-electron chi connectivity index (χ4n) is 3.66. The van der Waals surface area contributed by atoms with Crippen molar-refractivity contribution in [3.8, 4) is 0 Å². The van der Waals surface area contributed by atoms with Crippen molar-refractivity contribution in [3.63, 3.8) is 0 Å². The SMILES string of the molecule is CC(C)(C)C(OC(=O)n1c2ccccc2c2ccccc21)C(=O)NC(CC(=O)O)C(=O)CF. The van der Waals surface area contributed by atoms with Gasteiger partial charge in [-0.25, -0.2) is 13.8 Å². The molecule has 9 heteroatoms. The highest BCUT2D eigenvalue weighted by atomic mass is 19.1. The Labute approximate surface area is 189 Å². The minimum absolute atomic E-state index is 0.591. The summed E-state index contributed by atoms with van der Waals surface area (Å²) in [5, 5.41) is 12.9. The zero-order chi connectivity index (χ0) is 24.3. The van der Waals surface area contributed by atoms with Crippen molar-refractivity contribution >= 4 is 45.6 Å². The van der Waals surface area contributed by atoms with Gasteiger partial charge in [0, 0.05) is 16.2 Å². The van der Waals surface area contributed by atoms with Gasteiger partial charge in [0.05, 0.1) is 17.5 Å². The molecule has 1 heterocycles. The Morgan fingerprint density at radius 2 is 1.52 bits per heavy atom. The van der Waals surface area contributed by atoms with Gasteiger partial charge in [0.2, 0.25) is 0 Å². The Morgan fingerprint density at radius 1 is 1.00 bits per heavy atom. The first kappa shape index (κ1) is 23.9. The summed E-state index contributed by atoms with van der Waals surface area (Å²) >= 11 is 0. The average molecular weight is 456 g/mol. The lowest BCUT2D eigenvalue weighted by Crippen LogP contribution is -2.52. The van der Waals surface area contributed by atoms with E-state index >= 15 is 0 Å². The summed E-state index contributed by atoms with van der Waals surface area (Å²) in [5.74, 6) is -3.34. The Hall–Kier alpha value is -3.75. The van der Waals surface area contributed by atoms with Crippen LogP contribution in [-0.2, 0) is 19.1 Å². The van der Waals surface area contributed by atoms with Crippen molar-refractivity contribution in [1.29, 1.82) is 0 Å². The highest BCUT2D eigenvalue weighted by molar-refractivity contribution is 6.12. The van der Waals surface area contributed by atoms with E-state index in [-0.39, 0.29) is 0 Å². The highest BCUT2D eigenvalue weighted by Crippen LogP contribution is 2.30. The summed E-state index contributed by atoms with van der Waals surface area (Å²) in [6, 6.07) is 12.9. The number of aromatic nitrogens is 1. The summed E-state index contributed by atoms with van der Waals surface area (Å²) < 4.78 is 19.9. The third kappa shape index (κ3) is 5.02. The van der Waals surface area contributed by atoms with E-state index < -0.39 is 54.4 Å². The number of carbonyl (C=O) groups is 4. The molecule has 0 aliphatic rings. The van der Waals surface area contributed by atoms with Gasteiger partial charge < -0.3 is 15.2 Å². The molecule has 2 aromatic carbocycles. The van der Waals surface area contributed by atoms with Crippen molar-refractivity contribution in [2.24, 2.45) is 5.41 Å². The van der Waals surface area contributed by atoms with E-state index in [2.05, 4.69) is 5.32 Å². The molecular weight excluding hydrogens is 431 g/mol. The fraction of sp³-hybridized carbons (Fsp3) is 0.333. The molecule has 3 aromatic rings. The van der Waals surface area contributed by atoms with Crippen molar-refractivity contribution in [1.82, 2.24) is 9.88 Å². The first-order valence-electron chi connectivity index (χ1n) is 10.3. The largest absolute Gasteiger partial charge is 0.481 e. The lowest BCUT2D eigenvalue weighted by molar-refractivity contribution is -0.142. The number of Topliss-reactive ketones (excluding diaryl/α,β-unsaturated/α-hetero) is 1. The number of nitrogens with zero attached hydrogens (tertiary/aromatic N) is 1. The first-order valence-corrected chi connectivity index (χ1v) is 10.3. The van der Waals surface area contributed by atoms with E-state index in [1.165, 1.54) is 4.57 Å². The van der Waals surface area contributed by atoms with Gasteiger partial charge in [-0.3, -0.25) is 14.4 Å². The topological polar surface area (TPSA) is 115 Å². The maximum Gasteiger partial charge on any atom is 0.419 e. The Kier molecular flexibility index (Phi) is 6.81. The third-order valence-electron chi connectivity index (χ3n) is 5.22. The van der Waals surface area contributed by atoms with Crippen molar-refractivity contribution < 1.29 is 33.4 Å². The van der Waals surface area contributed by atoms with Crippen molar-refractivity contribution in [3.05, 3.63) is 48.5 Å². The molecule has 3 rings (SSSR count). The number of para-hydroxylation sites is 2. The molecule has 2 atom stereocenters. The number of carboxylic acids is 1. The number of fused-ring (bicyclic) bond motifs is 3. The molecule has 33 heavy (non-hydrogen) atoms. The van der Waals surface area contributed by atoms with Crippen molar-refractivity contribution in [2.75, 3.05) is 6.67 Å². The number of ether oxygens (including phenoxy) is 1. The molecule has 2 unspecified atom stereocenters. The highest BCUT2D eigenvalue weighted by Gasteiger charge is 2.38. The number of hydrogen-bond donors (Lipinski definition) is 2. The Morgan fingerprint density at radius 3 is 1.97 bits per heavy atom. The zero-order valence-corrected chi connectivity index (χ0v) is 18.5. The zero-order valence-electron chi connectivity index (χ0n) is 18.5. The van der Waals surface area contributed by atoms with Crippen LogP contribution in [0.15, 0.2) is 48.5 Å². The van der Waals surface area contributed by atoms with Crippen LogP contribution in [0.3, 0.4) is 0 Å². The normalized spacial score (nSPS) is 13.5. The molecule has 8 nitrogen and oxygen atoms in total. The van der Waals surface area contributed by atoms with Crippen LogP contribution in [0.5, 0.6) is 0 Å². The number of carbonyl (C=O) groups excluding carboxylic acids is 3. The average Bonchev–Trinajstić information content (AvgIpc) is 3.09. The smallest absolute Gasteiger partial charge is 0.419 e. The second-order valence-corrected chi connectivity index (χ2v) is 8.76. The van der Waals surface area contributed by atoms with Crippen LogP contribution < -0.4 is 5.32 Å². The molecule has 0 saturated carbocycles. The second kappa shape index (κ2) is 9.40. The van der Waals surface area contributed by atoms with Crippen LogP contribution in [0, 0.1) is 5.41 Å². The lowest BCUT2D eigenvalue weighted by Gasteiger charge is -2.30. The molecule has 0 aliphatic carbocycles. The lowest BCUT2D eigenvalue weighted by atomic mass is 9.88. The van der Waals surface area contributed by atoms with Crippen LogP contribution in [-0.4, -0.2) is 52.2 Å². The molecule has 174 valence electrons. The summed E-state index contributed by atoms with van der Waals surface area (Å²) in [5.41, 5.74) is 0.270. The molecule has 0 aliphatic heterocycles. The van der Waals surface area contributed by atoms with Gasteiger partial charge in [-0.05, 0) is 12.1 Å². The number of carboxylic acid groups (broad SMARTS) is 1. The molecule has 1 aromatic heterocycles. The molecule has 0 fully saturated rings. The molecule has 2 N–H and O–H groups in total. The van der Waals surface area contributed by atoms with Gasteiger partial charge in [0.1, 0.15) is 12.7 Å². The van der Waals surface area contributed by atoms with Crippen LogP contribution in [0.2, 0.25) is 0 Å². The van der Waals surface area contributed by atoms with Gasteiger partial charge in [0.25, 0.3) is 5.91 Å². The number of nitrogens with one attached hydrogen (secondary N) is 1. The second-order valence-electron chi connectivity index (χ2n) is 8.76. The molecule has 0 radical (unpaired) electrons. The van der Waals surface area contributed by atoms with Crippen molar-refractivity contribution in [2.45, 2.75) is 39.3 Å². The van der Waals surface area contributed by atoms with Crippen LogP contribution in [0.1, 0.15) is 27.2 Å². The molecule has 0 saturated heterocycles. The number of benzene rings is 2. The van der Waals surface area contributed by atoms with Crippen LogP contribution in [0.25, 0.3) is 21.8 Å². The van der Waals surface area contributed by atoms with Gasteiger partial charge in [-0.15, -0.1) is 0 Å². The third-order valence-corrected chi connectivity index (χ3v) is 5.22. The fourth-order valence-corrected chi connectivity index (χ4v) is 3.66. The number of rotatable bonds is 7. The molecule has 0 bridgehead atoms. The van der Waals surface area contributed by atoms with E-state index in [9.17, 15) is 23.6 Å². The van der Waals surface area contributed by atoms with E-state index in [1.54, 1.807) is 45.0 Å². The quantitative estimate of drug-likeness (QED) is 0.560. The maximum absolute atomic E-state index is 13.3. The summed E-state index contributed by atoms with van der Waals surface area (Å²) in [6.45, 7) is 3.53. The maximum atomic E-state index is 13.3. The Bertz CT molecular complexity index is 1170. The summed E-state index contributed by atoms with van der Waals surface area (Å²) in [4.78, 5) is 49.1. The first-order chi connectivity index (χ1) is 15.5. The van der Waals surface area contributed by atoms with Gasteiger partial charge in [-0.2, -0.15) is 0 Å². The number of aliphatic carboxylic acids is 1. The van der Waals surface area contributed by atoms with E-state index in [0.29, 0.717) is 11.0 Å². The minimum Gasteiger partial charge on any atom is -0.481 e. The summed E-state index contributed by atoms with van der Waals surface area (Å²) in [7, 11) is 0. The number of halogens is 1. The monoisotopic (exact) mass is 456 g/mol. The standard InChI is InChI=1S/C24H25FN2O6/c1-24(2,3)21(22(31)26-16(12-20(29)30)19(28)13-25)33-23(32)27-17-10-6-4-8-14(17)15-9-5-7-11-18(15)27/h4-11,16,21H,12-13H2,1-3H3,(H,26,31)(H,29,30). The minimum atomic E-state index is -1.57. The molecule has 0 spiro atoms. The van der Waals surface area contributed by atoms with Gasteiger partial charge in [-0.1, -0.05) is 57.2 Å². The van der Waals surface area contributed by atoms with E-state index in [4.69, 9.17) is 9.84 Å².